The van der Waals surface area contributed by atoms with Crippen molar-refractivity contribution in [2.24, 2.45) is 5.73 Å². The van der Waals surface area contributed by atoms with Crippen molar-refractivity contribution < 1.29 is 0 Å². The van der Waals surface area contributed by atoms with Crippen LogP contribution in [0, 0.1) is 0 Å². The Morgan fingerprint density at radius 2 is 1.88 bits per heavy atom. The number of rotatable bonds is 4. The van der Waals surface area contributed by atoms with Crippen molar-refractivity contribution in [2.75, 3.05) is 18.0 Å². The third-order valence-corrected chi connectivity index (χ3v) is 3.06. The van der Waals surface area contributed by atoms with E-state index in [0.717, 1.165) is 35.4 Å². The number of aromatic nitrogens is 1. The predicted molar refractivity (Wildman–Crippen MR) is 73.2 cm³/mol. The standard InChI is InChI=1S/C14H19N3/c1-3-17(4-2)14-12(10-15)9-11-7-5-6-8-13(11)16-14/h5-9H,3-4,10,15H2,1-2H3. The topological polar surface area (TPSA) is 42.2 Å². The van der Waals surface area contributed by atoms with Gasteiger partial charge in [0.15, 0.2) is 0 Å². The minimum Gasteiger partial charge on any atom is -0.357 e. The molecule has 0 radical (unpaired) electrons. The maximum atomic E-state index is 5.82. The molecule has 0 unspecified atom stereocenters. The molecule has 0 spiro atoms. The molecule has 0 aliphatic rings. The van der Waals surface area contributed by atoms with Crippen molar-refractivity contribution in [3.05, 3.63) is 35.9 Å². The highest BCUT2D eigenvalue weighted by molar-refractivity contribution is 5.81. The van der Waals surface area contributed by atoms with E-state index in [1.165, 1.54) is 0 Å². The quantitative estimate of drug-likeness (QED) is 0.876. The molecule has 0 saturated heterocycles. The number of hydrogen-bond donors (Lipinski definition) is 1. The average Bonchev–Trinajstić information content (AvgIpc) is 2.39. The lowest BCUT2D eigenvalue weighted by atomic mass is 10.1. The Morgan fingerprint density at radius 3 is 2.53 bits per heavy atom. The summed E-state index contributed by atoms with van der Waals surface area (Å²) in [7, 11) is 0. The predicted octanol–water partition coefficient (Wildman–Crippen LogP) is 2.54. The molecule has 0 fully saturated rings. The monoisotopic (exact) mass is 229 g/mol. The van der Waals surface area contributed by atoms with Gasteiger partial charge < -0.3 is 10.6 Å². The summed E-state index contributed by atoms with van der Waals surface area (Å²) in [6.45, 7) is 6.72. The molecule has 0 aliphatic heterocycles. The first kappa shape index (κ1) is 11.9. The normalized spacial score (nSPS) is 10.8. The molecule has 2 rings (SSSR count). The average molecular weight is 229 g/mol. The lowest BCUT2D eigenvalue weighted by Gasteiger charge is -2.23. The largest absolute Gasteiger partial charge is 0.357 e. The fourth-order valence-corrected chi connectivity index (χ4v) is 2.10. The molecular formula is C14H19N3. The van der Waals surface area contributed by atoms with Gasteiger partial charge in [-0.05, 0) is 26.0 Å². The number of para-hydroxylation sites is 1. The molecule has 3 nitrogen and oxygen atoms in total. The van der Waals surface area contributed by atoms with Gasteiger partial charge in [-0.1, -0.05) is 18.2 Å². The second-order valence-corrected chi connectivity index (χ2v) is 4.04. The van der Waals surface area contributed by atoms with Crippen LogP contribution in [0.3, 0.4) is 0 Å². The smallest absolute Gasteiger partial charge is 0.133 e. The van der Waals surface area contributed by atoms with Crippen LogP contribution in [0.4, 0.5) is 5.82 Å². The zero-order chi connectivity index (χ0) is 12.3. The van der Waals surface area contributed by atoms with Gasteiger partial charge in [0.2, 0.25) is 0 Å². The Kier molecular flexibility index (Phi) is 3.59. The third kappa shape index (κ3) is 2.24. The van der Waals surface area contributed by atoms with E-state index < -0.39 is 0 Å². The molecular weight excluding hydrogens is 210 g/mol. The number of pyridine rings is 1. The van der Waals surface area contributed by atoms with Crippen molar-refractivity contribution in [1.29, 1.82) is 0 Å². The van der Waals surface area contributed by atoms with Gasteiger partial charge in [0.05, 0.1) is 5.52 Å². The summed E-state index contributed by atoms with van der Waals surface area (Å²) < 4.78 is 0. The van der Waals surface area contributed by atoms with Crippen molar-refractivity contribution >= 4 is 16.7 Å². The number of nitrogens with two attached hydrogens (primary N) is 1. The molecule has 2 N–H and O–H groups in total. The van der Waals surface area contributed by atoms with Crippen LogP contribution in [-0.2, 0) is 6.54 Å². The second-order valence-electron chi connectivity index (χ2n) is 4.04. The number of nitrogens with zero attached hydrogens (tertiary/aromatic N) is 2. The molecule has 0 bridgehead atoms. The van der Waals surface area contributed by atoms with Gasteiger partial charge in [-0.2, -0.15) is 0 Å². The van der Waals surface area contributed by atoms with Crippen LogP contribution in [0.15, 0.2) is 30.3 Å². The number of fused-ring (bicyclic) bond motifs is 1. The second kappa shape index (κ2) is 5.15. The van der Waals surface area contributed by atoms with Gasteiger partial charge in [-0.25, -0.2) is 4.98 Å². The summed E-state index contributed by atoms with van der Waals surface area (Å²) in [6.07, 6.45) is 0. The van der Waals surface area contributed by atoms with Crippen LogP contribution in [0.5, 0.6) is 0 Å². The summed E-state index contributed by atoms with van der Waals surface area (Å²) in [5, 5.41) is 1.16. The highest BCUT2D eigenvalue weighted by atomic mass is 15.2. The maximum Gasteiger partial charge on any atom is 0.133 e. The van der Waals surface area contributed by atoms with E-state index in [2.05, 4.69) is 30.9 Å². The molecule has 0 aliphatic carbocycles. The highest BCUT2D eigenvalue weighted by Crippen LogP contribution is 2.23. The molecule has 17 heavy (non-hydrogen) atoms. The minimum atomic E-state index is 0.531. The summed E-state index contributed by atoms with van der Waals surface area (Å²) in [5.41, 5.74) is 7.97. The van der Waals surface area contributed by atoms with E-state index in [4.69, 9.17) is 10.7 Å². The molecule has 0 saturated carbocycles. The van der Waals surface area contributed by atoms with Gasteiger partial charge in [-0.3, -0.25) is 0 Å². The van der Waals surface area contributed by atoms with Crippen LogP contribution in [0.2, 0.25) is 0 Å². The van der Waals surface area contributed by atoms with Crippen LogP contribution < -0.4 is 10.6 Å². The first-order valence-corrected chi connectivity index (χ1v) is 6.13. The Labute approximate surface area is 102 Å². The van der Waals surface area contributed by atoms with E-state index in [0.29, 0.717) is 6.54 Å². The Balaban J connectivity index is 2.60. The molecule has 0 atom stereocenters. The summed E-state index contributed by atoms with van der Waals surface area (Å²) in [6, 6.07) is 10.3. The van der Waals surface area contributed by atoms with Crippen LogP contribution in [0.1, 0.15) is 19.4 Å². The zero-order valence-electron chi connectivity index (χ0n) is 10.5. The van der Waals surface area contributed by atoms with E-state index >= 15 is 0 Å². The molecule has 1 heterocycles. The summed E-state index contributed by atoms with van der Waals surface area (Å²) in [4.78, 5) is 6.98. The van der Waals surface area contributed by atoms with E-state index in [1.54, 1.807) is 0 Å². The molecule has 3 heteroatoms. The SMILES string of the molecule is CCN(CC)c1nc2ccccc2cc1CN. The molecule has 2 aromatic rings. The fourth-order valence-electron chi connectivity index (χ4n) is 2.10. The first-order chi connectivity index (χ1) is 8.30. The molecule has 1 aromatic carbocycles. The van der Waals surface area contributed by atoms with Crippen molar-refractivity contribution in [2.45, 2.75) is 20.4 Å². The third-order valence-electron chi connectivity index (χ3n) is 3.06. The fraction of sp³-hybridized carbons (Fsp3) is 0.357. The van der Waals surface area contributed by atoms with Crippen LogP contribution >= 0.6 is 0 Å². The van der Waals surface area contributed by atoms with Gasteiger partial charge in [0.25, 0.3) is 0 Å². The summed E-state index contributed by atoms with van der Waals surface area (Å²) in [5.74, 6) is 1.02. The number of benzene rings is 1. The van der Waals surface area contributed by atoms with Crippen molar-refractivity contribution in [1.82, 2.24) is 4.98 Å². The number of anilines is 1. The maximum absolute atomic E-state index is 5.82. The van der Waals surface area contributed by atoms with E-state index in [1.807, 2.05) is 18.2 Å². The van der Waals surface area contributed by atoms with E-state index in [-0.39, 0.29) is 0 Å². The molecule has 0 amide bonds. The lowest BCUT2D eigenvalue weighted by Crippen LogP contribution is -2.25. The summed E-state index contributed by atoms with van der Waals surface area (Å²) >= 11 is 0. The van der Waals surface area contributed by atoms with Crippen molar-refractivity contribution in [3.8, 4) is 0 Å². The Morgan fingerprint density at radius 1 is 1.18 bits per heavy atom. The van der Waals surface area contributed by atoms with Gasteiger partial charge >= 0.3 is 0 Å². The minimum absolute atomic E-state index is 0.531. The van der Waals surface area contributed by atoms with Gasteiger partial charge in [0, 0.05) is 30.6 Å². The first-order valence-electron chi connectivity index (χ1n) is 6.13. The number of hydrogen-bond acceptors (Lipinski definition) is 3. The van der Waals surface area contributed by atoms with Crippen LogP contribution in [0.25, 0.3) is 10.9 Å². The zero-order valence-corrected chi connectivity index (χ0v) is 10.5. The van der Waals surface area contributed by atoms with Crippen LogP contribution in [-0.4, -0.2) is 18.1 Å². The lowest BCUT2D eigenvalue weighted by molar-refractivity contribution is 0.835. The van der Waals surface area contributed by atoms with Gasteiger partial charge in [-0.15, -0.1) is 0 Å². The van der Waals surface area contributed by atoms with Crippen molar-refractivity contribution in [3.63, 3.8) is 0 Å². The Bertz CT molecular complexity index is 504. The molecule has 90 valence electrons. The Hall–Kier alpha value is -1.61. The highest BCUT2D eigenvalue weighted by Gasteiger charge is 2.10. The van der Waals surface area contributed by atoms with E-state index in [9.17, 15) is 0 Å². The van der Waals surface area contributed by atoms with Gasteiger partial charge in [0.1, 0.15) is 5.82 Å². The molecule has 1 aromatic heterocycles.